The quantitative estimate of drug-likeness (QED) is 0.831. The Morgan fingerprint density at radius 1 is 1.32 bits per heavy atom. The highest BCUT2D eigenvalue weighted by Gasteiger charge is 2.18. The van der Waals surface area contributed by atoms with E-state index in [1.54, 1.807) is 7.11 Å². The second kappa shape index (κ2) is 8.18. The van der Waals surface area contributed by atoms with Crippen molar-refractivity contribution >= 4 is 17.5 Å². The van der Waals surface area contributed by atoms with E-state index in [1.165, 1.54) is 0 Å². The lowest BCUT2D eigenvalue weighted by molar-refractivity contribution is -0.125. The summed E-state index contributed by atoms with van der Waals surface area (Å²) in [5.74, 6) is 0.155. The molecular weight excluding hydrogens is 262 g/mol. The van der Waals surface area contributed by atoms with Gasteiger partial charge in [0.15, 0.2) is 0 Å². The lowest BCUT2D eigenvalue weighted by atomic mass is 10.0. The van der Waals surface area contributed by atoms with E-state index in [4.69, 9.17) is 16.3 Å². The second-order valence-corrected chi connectivity index (χ2v) is 4.91. The molecule has 0 saturated carbocycles. The summed E-state index contributed by atoms with van der Waals surface area (Å²) in [5.41, 5.74) is 0.900. The van der Waals surface area contributed by atoms with Gasteiger partial charge in [-0.1, -0.05) is 43.6 Å². The molecule has 0 aliphatic carbocycles. The maximum Gasteiger partial charge on any atom is 0.223 e. The predicted molar refractivity (Wildman–Crippen MR) is 78.3 cm³/mol. The van der Waals surface area contributed by atoms with Gasteiger partial charge in [-0.2, -0.15) is 0 Å². The van der Waals surface area contributed by atoms with Crippen molar-refractivity contribution < 1.29 is 9.53 Å². The van der Waals surface area contributed by atoms with Gasteiger partial charge < -0.3 is 10.1 Å². The molecule has 0 aromatic heterocycles. The fraction of sp³-hybridized carbons (Fsp3) is 0.533. The van der Waals surface area contributed by atoms with Crippen molar-refractivity contribution in [3.05, 3.63) is 34.9 Å². The van der Waals surface area contributed by atoms with E-state index in [9.17, 15) is 4.79 Å². The first-order chi connectivity index (χ1) is 9.13. The molecule has 1 aromatic carbocycles. The number of halogens is 1. The zero-order valence-corrected chi connectivity index (χ0v) is 12.5. The minimum Gasteiger partial charge on any atom is -0.375 e. The third-order valence-electron chi connectivity index (χ3n) is 3.35. The molecule has 0 aliphatic heterocycles. The Labute approximate surface area is 120 Å². The van der Waals surface area contributed by atoms with Gasteiger partial charge in [0.25, 0.3) is 0 Å². The van der Waals surface area contributed by atoms with Gasteiger partial charge in [-0.3, -0.25) is 4.79 Å². The molecule has 106 valence electrons. The Bertz CT molecular complexity index is 405. The molecule has 19 heavy (non-hydrogen) atoms. The Kier molecular flexibility index (Phi) is 6.89. The van der Waals surface area contributed by atoms with E-state index in [0.29, 0.717) is 11.6 Å². The monoisotopic (exact) mass is 283 g/mol. The number of carbonyl (C=O) groups excluding carboxylic acids is 1. The standard InChI is InChI=1S/C15H22ClNO2/c1-4-11(5-2)15(18)17-10-14(19-3)12-8-6-7-9-13(12)16/h6-9,11,14H,4-5,10H2,1-3H3,(H,17,18). The molecule has 0 saturated heterocycles. The Morgan fingerprint density at radius 3 is 2.47 bits per heavy atom. The molecular formula is C15H22ClNO2. The second-order valence-electron chi connectivity index (χ2n) is 4.50. The normalized spacial score (nSPS) is 12.5. The van der Waals surface area contributed by atoms with Crippen LogP contribution in [0.4, 0.5) is 0 Å². The highest BCUT2D eigenvalue weighted by molar-refractivity contribution is 6.31. The van der Waals surface area contributed by atoms with E-state index in [-0.39, 0.29) is 17.9 Å². The lowest BCUT2D eigenvalue weighted by Crippen LogP contribution is -2.34. The number of benzene rings is 1. The maximum absolute atomic E-state index is 11.9. The van der Waals surface area contributed by atoms with Crippen LogP contribution in [0.2, 0.25) is 5.02 Å². The van der Waals surface area contributed by atoms with Crippen LogP contribution >= 0.6 is 11.6 Å². The van der Waals surface area contributed by atoms with Crippen LogP contribution in [0.25, 0.3) is 0 Å². The highest BCUT2D eigenvalue weighted by Crippen LogP contribution is 2.24. The predicted octanol–water partition coefficient (Wildman–Crippen LogP) is 3.58. The number of methoxy groups -OCH3 is 1. The fourth-order valence-corrected chi connectivity index (χ4v) is 2.31. The van der Waals surface area contributed by atoms with E-state index >= 15 is 0 Å². The molecule has 1 amide bonds. The number of hydrogen-bond donors (Lipinski definition) is 1. The van der Waals surface area contributed by atoms with Crippen molar-refractivity contribution in [2.24, 2.45) is 5.92 Å². The first-order valence-corrected chi connectivity index (χ1v) is 7.06. The third-order valence-corrected chi connectivity index (χ3v) is 3.70. The molecule has 4 heteroatoms. The highest BCUT2D eigenvalue weighted by atomic mass is 35.5. The van der Waals surface area contributed by atoms with Gasteiger partial charge in [0.2, 0.25) is 5.91 Å². The van der Waals surface area contributed by atoms with E-state index in [1.807, 2.05) is 38.1 Å². The van der Waals surface area contributed by atoms with Crippen molar-refractivity contribution in [2.75, 3.05) is 13.7 Å². The Balaban J connectivity index is 2.64. The van der Waals surface area contributed by atoms with Crippen LogP contribution < -0.4 is 5.32 Å². The molecule has 0 heterocycles. The molecule has 3 nitrogen and oxygen atoms in total. The van der Waals surface area contributed by atoms with Crippen molar-refractivity contribution in [3.63, 3.8) is 0 Å². The van der Waals surface area contributed by atoms with Crippen molar-refractivity contribution in [1.82, 2.24) is 5.32 Å². The number of amides is 1. The topological polar surface area (TPSA) is 38.3 Å². The van der Waals surface area contributed by atoms with Crippen LogP contribution in [-0.2, 0) is 9.53 Å². The zero-order chi connectivity index (χ0) is 14.3. The molecule has 1 unspecified atom stereocenters. The summed E-state index contributed by atoms with van der Waals surface area (Å²) in [6, 6.07) is 7.53. The van der Waals surface area contributed by atoms with Gasteiger partial charge in [-0.15, -0.1) is 0 Å². The summed E-state index contributed by atoms with van der Waals surface area (Å²) in [6.07, 6.45) is 1.49. The van der Waals surface area contributed by atoms with Crippen molar-refractivity contribution in [2.45, 2.75) is 32.8 Å². The van der Waals surface area contributed by atoms with Crippen LogP contribution in [-0.4, -0.2) is 19.6 Å². The summed E-state index contributed by atoms with van der Waals surface area (Å²) in [6.45, 7) is 4.49. The van der Waals surface area contributed by atoms with Crippen molar-refractivity contribution in [3.8, 4) is 0 Å². The van der Waals surface area contributed by atoms with Crippen LogP contribution in [0.1, 0.15) is 38.4 Å². The van der Waals surface area contributed by atoms with Crippen LogP contribution in [0.15, 0.2) is 24.3 Å². The molecule has 0 bridgehead atoms. The minimum absolute atomic E-state index is 0.0729. The van der Waals surface area contributed by atoms with Gasteiger partial charge in [0.1, 0.15) is 6.10 Å². The molecule has 1 atom stereocenters. The summed E-state index contributed by atoms with van der Waals surface area (Å²) in [5, 5.41) is 3.60. The van der Waals surface area contributed by atoms with E-state index in [0.717, 1.165) is 18.4 Å². The van der Waals surface area contributed by atoms with Crippen molar-refractivity contribution in [1.29, 1.82) is 0 Å². The average molecular weight is 284 g/mol. The number of nitrogens with one attached hydrogen (secondary N) is 1. The van der Waals surface area contributed by atoms with E-state index in [2.05, 4.69) is 5.32 Å². The van der Waals surface area contributed by atoms with Crippen LogP contribution in [0, 0.1) is 5.92 Å². The van der Waals surface area contributed by atoms with Crippen LogP contribution in [0.3, 0.4) is 0 Å². The number of hydrogen-bond acceptors (Lipinski definition) is 2. The first-order valence-electron chi connectivity index (χ1n) is 6.68. The smallest absolute Gasteiger partial charge is 0.223 e. The summed E-state index contributed by atoms with van der Waals surface area (Å²) < 4.78 is 5.42. The summed E-state index contributed by atoms with van der Waals surface area (Å²) in [4.78, 5) is 11.9. The molecule has 0 spiro atoms. The molecule has 0 radical (unpaired) electrons. The van der Waals surface area contributed by atoms with Crippen LogP contribution in [0.5, 0.6) is 0 Å². The Morgan fingerprint density at radius 2 is 1.95 bits per heavy atom. The van der Waals surface area contributed by atoms with Gasteiger partial charge in [-0.25, -0.2) is 0 Å². The molecule has 0 fully saturated rings. The van der Waals surface area contributed by atoms with Gasteiger partial charge in [-0.05, 0) is 18.9 Å². The molecule has 0 aliphatic rings. The number of carbonyl (C=O) groups is 1. The molecule has 1 N–H and O–H groups in total. The van der Waals surface area contributed by atoms with E-state index < -0.39 is 0 Å². The summed E-state index contributed by atoms with van der Waals surface area (Å²) >= 11 is 6.14. The number of rotatable bonds is 7. The average Bonchev–Trinajstić information content (AvgIpc) is 2.42. The fourth-order valence-electron chi connectivity index (χ4n) is 2.05. The maximum atomic E-state index is 11.9. The lowest BCUT2D eigenvalue weighted by Gasteiger charge is -2.19. The molecule has 1 aromatic rings. The van der Waals surface area contributed by atoms with Gasteiger partial charge in [0.05, 0.1) is 0 Å². The SMILES string of the molecule is CCC(CC)C(=O)NCC(OC)c1ccccc1Cl. The summed E-state index contributed by atoms with van der Waals surface area (Å²) in [7, 11) is 1.62. The Hall–Kier alpha value is -1.06. The minimum atomic E-state index is -0.216. The zero-order valence-electron chi connectivity index (χ0n) is 11.8. The third kappa shape index (κ3) is 4.51. The van der Waals surface area contributed by atoms with Gasteiger partial charge in [0, 0.05) is 30.2 Å². The molecule has 1 rings (SSSR count). The van der Waals surface area contributed by atoms with Gasteiger partial charge >= 0.3 is 0 Å². The number of ether oxygens (including phenoxy) is 1. The first kappa shape index (κ1) is 16.0. The largest absolute Gasteiger partial charge is 0.375 e.